The van der Waals surface area contributed by atoms with Gasteiger partial charge in [0.2, 0.25) is 0 Å². The molecule has 0 aliphatic rings. The fraction of sp³-hybridized carbons (Fsp3) is 0.250. The molecule has 5 nitrogen and oxygen atoms in total. The average Bonchev–Trinajstić information content (AvgIpc) is 2.54. The van der Waals surface area contributed by atoms with E-state index in [9.17, 15) is 13.2 Å². The van der Waals surface area contributed by atoms with Gasteiger partial charge in [-0.2, -0.15) is 18.3 Å². The Morgan fingerprint density at radius 2 is 2.08 bits per heavy atom. The standard InChI is InChI=1S/C16H14F3N3O2/c1-3-10-5-6-11(13(7-10)24-9-23-4-2)14-12(16(17,18)19)8-21-22-15(14)20/h1,5-8H,4,9H2,2H3,(H2,20,22). The smallest absolute Gasteiger partial charge is 0.418 e. The second kappa shape index (κ2) is 7.19. The number of halogens is 3. The Morgan fingerprint density at radius 1 is 1.33 bits per heavy atom. The van der Waals surface area contributed by atoms with Crippen LogP contribution in [-0.4, -0.2) is 23.6 Å². The number of terminal acetylenes is 1. The molecule has 0 amide bonds. The third kappa shape index (κ3) is 3.75. The maximum absolute atomic E-state index is 13.3. The Hall–Kier alpha value is -2.79. The predicted octanol–water partition coefficient (Wildman–Crippen LogP) is 3.10. The Balaban J connectivity index is 2.62. The van der Waals surface area contributed by atoms with Crippen LogP contribution in [-0.2, 0) is 10.9 Å². The number of ether oxygens (including phenoxy) is 2. The third-order valence-electron chi connectivity index (χ3n) is 3.10. The number of nitrogen functional groups attached to an aromatic ring is 1. The molecule has 0 aliphatic heterocycles. The Kier molecular flexibility index (Phi) is 5.26. The molecular formula is C16H14F3N3O2. The Labute approximate surface area is 136 Å². The molecule has 24 heavy (non-hydrogen) atoms. The summed E-state index contributed by atoms with van der Waals surface area (Å²) in [6, 6.07) is 4.33. The molecule has 0 radical (unpaired) electrons. The number of alkyl halides is 3. The van der Waals surface area contributed by atoms with E-state index in [4.69, 9.17) is 21.6 Å². The van der Waals surface area contributed by atoms with Crippen LogP contribution in [0.15, 0.2) is 24.4 Å². The molecule has 0 atom stereocenters. The van der Waals surface area contributed by atoms with Crippen LogP contribution >= 0.6 is 0 Å². The predicted molar refractivity (Wildman–Crippen MR) is 81.9 cm³/mol. The zero-order valence-corrected chi connectivity index (χ0v) is 12.7. The summed E-state index contributed by atoms with van der Waals surface area (Å²) in [5, 5.41) is 6.79. The van der Waals surface area contributed by atoms with Gasteiger partial charge in [-0.05, 0) is 25.1 Å². The van der Waals surface area contributed by atoms with Crippen molar-refractivity contribution in [2.45, 2.75) is 13.1 Å². The fourth-order valence-electron chi connectivity index (χ4n) is 2.03. The van der Waals surface area contributed by atoms with Crippen LogP contribution in [0.1, 0.15) is 18.1 Å². The number of anilines is 1. The zero-order chi connectivity index (χ0) is 17.7. The fourth-order valence-corrected chi connectivity index (χ4v) is 2.03. The maximum atomic E-state index is 13.3. The molecule has 0 saturated carbocycles. The molecule has 0 aliphatic carbocycles. The van der Waals surface area contributed by atoms with Crippen molar-refractivity contribution in [3.05, 3.63) is 35.5 Å². The first kappa shape index (κ1) is 17.6. The summed E-state index contributed by atoms with van der Waals surface area (Å²) in [4.78, 5) is 0. The van der Waals surface area contributed by atoms with Gasteiger partial charge in [0.05, 0.1) is 11.8 Å². The molecule has 0 fully saturated rings. The van der Waals surface area contributed by atoms with Crippen molar-refractivity contribution in [3.8, 4) is 29.2 Å². The van der Waals surface area contributed by atoms with Crippen LogP contribution in [0.5, 0.6) is 5.75 Å². The van der Waals surface area contributed by atoms with E-state index in [2.05, 4.69) is 16.1 Å². The molecule has 0 saturated heterocycles. The first-order chi connectivity index (χ1) is 11.4. The van der Waals surface area contributed by atoms with E-state index in [-0.39, 0.29) is 29.5 Å². The summed E-state index contributed by atoms with van der Waals surface area (Å²) in [5.74, 6) is 2.15. The number of aromatic nitrogens is 2. The molecule has 0 spiro atoms. The minimum absolute atomic E-state index is 0.105. The lowest BCUT2D eigenvalue weighted by Gasteiger charge is -2.17. The first-order valence-electron chi connectivity index (χ1n) is 6.88. The Bertz CT molecular complexity index is 770. The van der Waals surface area contributed by atoms with Crippen molar-refractivity contribution in [1.82, 2.24) is 10.2 Å². The molecule has 2 rings (SSSR count). The van der Waals surface area contributed by atoms with Crippen molar-refractivity contribution in [3.63, 3.8) is 0 Å². The van der Waals surface area contributed by atoms with E-state index in [0.29, 0.717) is 18.4 Å². The number of benzene rings is 1. The van der Waals surface area contributed by atoms with Gasteiger partial charge in [-0.3, -0.25) is 0 Å². The summed E-state index contributed by atoms with van der Waals surface area (Å²) in [6.45, 7) is 2.00. The molecule has 2 aromatic rings. The van der Waals surface area contributed by atoms with Gasteiger partial charge in [-0.15, -0.1) is 11.5 Å². The number of nitrogens with two attached hydrogens (primary N) is 1. The first-order valence-corrected chi connectivity index (χ1v) is 6.88. The molecule has 1 aromatic carbocycles. The van der Waals surface area contributed by atoms with E-state index in [1.54, 1.807) is 6.92 Å². The Morgan fingerprint density at radius 3 is 2.71 bits per heavy atom. The van der Waals surface area contributed by atoms with Crippen molar-refractivity contribution in [1.29, 1.82) is 0 Å². The van der Waals surface area contributed by atoms with E-state index in [0.717, 1.165) is 0 Å². The molecule has 8 heteroatoms. The molecule has 2 N–H and O–H groups in total. The van der Waals surface area contributed by atoms with Gasteiger partial charge in [0.15, 0.2) is 12.6 Å². The zero-order valence-electron chi connectivity index (χ0n) is 12.7. The van der Waals surface area contributed by atoms with E-state index in [1.807, 2.05) is 0 Å². The second-order valence-electron chi connectivity index (χ2n) is 4.63. The third-order valence-corrected chi connectivity index (χ3v) is 3.10. The van der Waals surface area contributed by atoms with Crippen LogP contribution in [0.2, 0.25) is 0 Å². The van der Waals surface area contributed by atoms with E-state index >= 15 is 0 Å². The highest BCUT2D eigenvalue weighted by Crippen LogP contribution is 2.42. The number of hydrogen-bond acceptors (Lipinski definition) is 5. The molecule has 1 aromatic heterocycles. The van der Waals surface area contributed by atoms with Crippen molar-refractivity contribution in [2.75, 3.05) is 19.1 Å². The minimum atomic E-state index is -4.65. The quantitative estimate of drug-likeness (QED) is 0.516. The van der Waals surface area contributed by atoms with Crippen LogP contribution in [0.3, 0.4) is 0 Å². The largest absolute Gasteiger partial charge is 0.467 e. The lowest BCUT2D eigenvalue weighted by Crippen LogP contribution is -2.12. The maximum Gasteiger partial charge on any atom is 0.418 e. The molecule has 0 unspecified atom stereocenters. The monoisotopic (exact) mass is 337 g/mol. The normalized spacial score (nSPS) is 11.1. The van der Waals surface area contributed by atoms with Gasteiger partial charge in [-0.1, -0.05) is 5.92 Å². The average molecular weight is 337 g/mol. The molecule has 1 heterocycles. The lowest BCUT2D eigenvalue weighted by molar-refractivity contribution is -0.137. The van der Waals surface area contributed by atoms with Gasteiger partial charge in [-0.25, -0.2) is 0 Å². The van der Waals surface area contributed by atoms with Crippen molar-refractivity contribution >= 4 is 5.82 Å². The van der Waals surface area contributed by atoms with E-state index in [1.165, 1.54) is 18.2 Å². The van der Waals surface area contributed by atoms with Gasteiger partial charge in [0.25, 0.3) is 0 Å². The molecular weight excluding hydrogens is 323 g/mol. The highest BCUT2D eigenvalue weighted by atomic mass is 19.4. The summed E-state index contributed by atoms with van der Waals surface area (Å²) >= 11 is 0. The second-order valence-corrected chi connectivity index (χ2v) is 4.63. The summed E-state index contributed by atoms with van der Waals surface area (Å²) in [7, 11) is 0. The van der Waals surface area contributed by atoms with Gasteiger partial charge in [0, 0.05) is 23.3 Å². The molecule has 126 valence electrons. The summed E-state index contributed by atoms with van der Waals surface area (Å²) in [5.41, 5.74) is 4.87. The van der Waals surface area contributed by atoms with Crippen LogP contribution in [0.25, 0.3) is 11.1 Å². The van der Waals surface area contributed by atoms with Gasteiger partial charge < -0.3 is 15.2 Å². The van der Waals surface area contributed by atoms with Crippen LogP contribution in [0.4, 0.5) is 19.0 Å². The van der Waals surface area contributed by atoms with Crippen LogP contribution < -0.4 is 10.5 Å². The number of hydrogen-bond donors (Lipinski definition) is 1. The van der Waals surface area contributed by atoms with Gasteiger partial charge in [0.1, 0.15) is 5.75 Å². The molecule has 0 bridgehead atoms. The van der Waals surface area contributed by atoms with Crippen molar-refractivity contribution < 1.29 is 22.6 Å². The van der Waals surface area contributed by atoms with Crippen molar-refractivity contribution in [2.24, 2.45) is 0 Å². The summed E-state index contributed by atoms with van der Waals surface area (Å²) in [6.07, 6.45) is 1.29. The van der Waals surface area contributed by atoms with Gasteiger partial charge >= 0.3 is 6.18 Å². The summed E-state index contributed by atoms with van der Waals surface area (Å²) < 4.78 is 50.3. The SMILES string of the molecule is C#Cc1ccc(-c2c(C(F)(F)F)cnnc2N)c(OCOCC)c1. The minimum Gasteiger partial charge on any atom is -0.467 e. The number of rotatable bonds is 5. The topological polar surface area (TPSA) is 70.3 Å². The van der Waals surface area contributed by atoms with Crippen LogP contribution in [0, 0.1) is 12.3 Å². The highest BCUT2D eigenvalue weighted by Gasteiger charge is 2.36. The van der Waals surface area contributed by atoms with E-state index < -0.39 is 11.7 Å². The highest BCUT2D eigenvalue weighted by molar-refractivity contribution is 5.81. The number of nitrogens with zero attached hydrogens (tertiary/aromatic N) is 2. The lowest BCUT2D eigenvalue weighted by atomic mass is 9.99.